The lowest BCUT2D eigenvalue weighted by atomic mass is 9.63. The fourth-order valence-electron chi connectivity index (χ4n) is 4.53. The molecule has 1 aliphatic rings. The van der Waals surface area contributed by atoms with Crippen molar-refractivity contribution in [3.63, 3.8) is 0 Å². The third-order valence-electron chi connectivity index (χ3n) is 6.60. The van der Waals surface area contributed by atoms with Gasteiger partial charge in [-0.3, -0.25) is 0 Å². The largest absolute Gasteiger partial charge is 0.192 e. The first-order chi connectivity index (χ1) is 14.3. The van der Waals surface area contributed by atoms with Crippen molar-refractivity contribution in [2.45, 2.75) is 51.4 Å². The van der Waals surface area contributed by atoms with E-state index in [1.54, 1.807) is 0 Å². The van der Waals surface area contributed by atoms with E-state index < -0.39 is 0 Å². The Bertz CT molecular complexity index is 1120. The fourth-order valence-corrected chi connectivity index (χ4v) is 4.53. The zero-order valence-corrected chi connectivity index (χ0v) is 18.4. The Kier molecular flexibility index (Phi) is 5.12. The molecule has 0 radical (unpaired) electrons. The van der Waals surface area contributed by atoms with Crippen LogP contribution in [0.3, 0.4) is 0 Å². The molecule has 0 aromatic heterocycles. The van der Waals surface area contributed by atoms with Crippen molar-refractivity contribution in [3.05, 3.63) is 106 Å². The molecule has 0 unspecified atom stereocenters. The SMILES string of the molecule is CC1(C)CCC(C)(C)c2cc(/C(=C/c3ccc(C#N)cc3)c3ccccc3)ccc21. The predicted molar refractivity (Wildman–Crippen MR) is 126 cm³/mol. The molecule has 0 aliphatic heterocycles. The van der Waals surface area contributed by atoms with Gasteiger partial charge in [-0.25, -0.2) is 0 Å². The van der Waals surface area contributed by atoms with E-state index in [0.29, 0.717) is 5.56 Å². The summed E-state index contributed by atoms with van der Waals surface area (Å²) in [4.78, 5) is 0. The molecule has 0 saturated carbocycles. The van der Waals surface area contributed by atoms with Crippen LogP contribution in [0.2, 0.25) is 0 Å². The molecule has 30 heavy (non-hydrogen) atoms. The zero-order chi connectivity index (χ0) is 21.4. The summed E-state index contributed by atoms with van der Waals surface area (Å²) in [7, 11) is 0. The number of rotatable bonds is 3. The van der Waals surface area contributed by atoms with Crippen LogP contribution in [0.25, 0.3) is 11.6 Å². The number of hydrogen-bond donors (Lipinski definition) is 0. The van der Waals surface area contributed by atoms with Crippen LogP contribution in [0, 0.1) is 11.3 Å². The van der Waals surface area contributed by atoms with Crippen molar-refractivity contribution in [1.29, 1.82) is 5.26 Å². The molecule has 0 spiro atoms. The van der Waals surface area contributed by atoms with Crippen molar-refractivity contribution in [1.82, 2.24) is 0 Å². The van der Waals surface area contributed by atoms with Crippen molar-refractivity contribution in [3.8, 4) is 6.07 Å². The van der Waals surface area contributed by atoms with Crippen LogP contribution in [0.15, 0.2) is 72.8 Å². The Balaban J connectivity index is 1.88. The summed E-state index contributed by atoms with van der Waals surface area (Å²) < 4.78 is 0. The summed E-state index contributed by atoms with van der Waals surface area (Å²) >= 11 is 0. The first-order valence-corrected chi connectivity index (χ1v) is 10.7. The Hall–Kier alpha value is -3.11. The van der Waals surface area contributed by atoms with Gasteiger partial charge in [0.15, 0.2) is 0 Å². The number of hydrogen-bond acceptors (Lipinski definition) is 1. The van der Waals surface area contributed by atoms with Gasteiger partial charge in [0.25, 0.3) is 0 Å². The molecule has 0 fully saturated rings. The second-order valence-corrected chi connectivity index (χ2v) is 9.69. The predicted octanol–water partition coefficient (Wildman–Crippen LogP) is 7.50. The topological polar surface area (TPSA) is 23.8 Å². The normalized spacial score (nSPS) is 17.1. The van der Waals surface area contributed by atoms with E-state index in [2.05, 4.69) is 88.4 Å². The highest BCUT2D eigenvalue weighted by atomic mass is 14.4. The lowest BCUT2D eigenvalue weighted by Crippen LogP contribution is -2.33. The van der Waals surface area contributed by atoms with Gasteiger partial charge in [-0.15, -0.1) is 0 Å². The lowest BCUT2D eigenvalue weighted by Gasteiger charge is -2.42. The highest BCUT2D eigenvalue weighted by Crippen LogP contribution is 2.46. The van der Waals surface area contributed by atoms with Crippen LogP contribution in [0.4, 0.5) is 0 Å². The Morgan fingerprint density at radius 3 is 2.03 bits per heavy atom. The van der Waals surface area contributed by atoms with Gasteiger partial charge in [0.1, 0.15) is 0 Å². The molecule has 0 heterocycles. The molecule has 1 heteroatoms. The summed E-state index contributed by atoms with van der Waals surface area (Å²) in [6.07, 6.45) is 4.66. The van der Waals surface area contributed by atoms with Crippen LogP contribution >= 0.6 is 0 Å². The van der Waals surface area contributed by atoms with E-state index in [4.69, 9.17) is 5.26 Å². The summed E-state index contributed by atoms with van der Waals surface area (Å²) in [5.74, 6) is 0. The molecule has 0 bridgehead atoms. The zero-order valence-electron chi connectivity index (χ0n) is 18.4. The molecule has 4 rings (SSSR count). The van der Waals surface area contributed by atoms with Gasteiger partial charge in [-0.2, -0.15) is 5.26 Å². The molecular formula is C29H29N. The van der Waals surface area contributed by atoms with E-state index in [1.807, 2.05) is 24.3 Å². The maximum Gasteiger partial charge on any atom is 0.0991 e. The van der Waals surface area contributed by atoms with E-state index in [0.717, 1.165) is 5.56 Å². The van der Waals surface area contributed by atoms with E-state index in [-0.39, 0.29) is 10.8 Å². The van der Waals surface area contributed by atoms with Crippen LogP contribution in [0.5, 0.6) is 0 Å². The first kappa shape index (κ1) is 20.2. The third-order valence-corrected chi connectivity index (χ3v) is 6.60. The van der Waals surface area contributed by atoms with E-state index in [1.165, 1.54) is 40.7 Å². The number of fused-ring (bicyclic) bond motifs is 1. The van der Waals surface area contributed by atoms with Gasteiger partial charge in [0.2, 0.25) is 0 Å². The Labute approximate surface area is 180 Å². The Morgan fingerprint density at radius 1 is 0.767 bits per heavy atom. The van der Waals surface area contributed by atoms with Gasteiger partial charge in [0, 0.05) is 0 Å². The van der Waals surface area contributed by atoms with Crippen molar-refractivity contribution < 1.29 is 0 Å². The smallest absolute Gasteiger partial charge is 0.0991 e. The quantitative estimate of drug-likeness (QED) is 0.424. The summed E-state index contributed by atoms with van der Waals surface area (Å²) in [6.45, 7) is 9.48. The average Bonchev–Trinajstić information content (AvgIpc) is 2.76. The van der Waals surface area contributed by atoms with E-state index >= 15 is 0 Å². The summed E-state index contributed by atoms with van der Waals surface area (Å²) in [5.41, 5.74) is 8.79. The first-order valence-electron chi connectivity index (χ1n) is 10.7. The van der Waals surface area contributed by atoms with Gasteiger partial charge in [-0.1, -0.05) is 88.4 Å². The highest BCUT2D eigenvalue weighted by molar-refractivity contribution is 5.91. The second-order valence-electron chi connectivity index (χ2n) is 9.69. The fraction of sp³-hybridized carbons (Fsp3) is 0.276. The molecule has 0 atom stereocenters. The maximum atomic E-state index is 9.10. The average molecular weight is 392 g/mol. The summed E-state index contributed by atoms with van der Waals surface area (Å²) in [6, 6.07) is 27.6. The molecule has 3 aromatic rings. The maximum absolute atomic E-state index is 9.10. The molecule has 0 amide bonds. The standard InChI is InChI=1S/C29H29N/c1-28(2)16-17-29(3,4)27-19-24(14-15-26(27)28)25(23-8-6-5-7-9-23)18-21-10-12-22(20-30)13-11-21/h5-15,18-19H,16-17H2,1-4H3/b25-18+. The molecule has 1 nitrogen and oxygen atoms in total. The van der Waals surface area contributed by atoms with Crippen molar-refractivity contribution in [2.24, 2.45) is 0 Å². The second kappa shape index (κ2) is 7.62. The number of benzene rings is 3. The molecule has 0 saturated heterocycles. The summed E-state index contributed by atoms with van der Waals surface area (Å²) in [5, 5.41) is 9.10. The van der Waals surface area contributed by atoms with Crippen molar-refractivity contribution >= 4 is 11.6 Å². The number of nitrogens with zero attached hydrogens (tertiary/aromatic N) is 1. The minimum absolute atomic E-state index is 0.178. The molecular weight excluding hydrogens is 362 g/mol. The highest BCUT2D eigenvalue weighted by Gasteiger charge is 2.37. The van der Waals surface area contributed by atoms with Crippen LogP contribution in [-0.4, -0.2) is 0 Å². The third kappa shape index (κ3) is 3.83. The minimum atomic E-state index is 0.178. The van der Waals surface area contributed by atoms with Crippen molar-refractivity contribution in [2.75, 3.05) is 0 Å². The molecule has 3 aromatic carbocycles. The van der Waals surface area contributed by atoms with Gasteiger partial charge in [-0.05, 0) is 75.3 Å². The minimum Gasteiger partial charge on any atom is -0.192 e. The van der Waals surface area contributed by atoms with Gasteiger partial charge < -0.3 is 0 Å². The van der Waals surface area contributed by atoms with Gasteiger partial charge in [0.05, 0.1) is 11.6 Å². The molecule has 0 N–H and O–H groups in total. The van der Waals surface area contributed by atoms with Crippen LogP contribution < -0.4 is 0 Å². The van der Waals surface area contributed by atoms with Crippen LogP contribution in [-0.2, 0) is 10.8 Å². The molecule has 150 valence electrons. The van der Waals surface area contributed by atoms with Gasteiger partial charge >= 0.3 is 0 Å². The number of nitriles is 1. The van der Waals surface area contributed by atoms with E-state index in [9.17, 15) is 0 Å². The monoisotopic (exact) mass is 391 g/mol. The molecule has 1 aliphatic carbocycles. The Morgan fingerprint density at radius 2 is 1.40 bits per heavy atom. The lowest BCUT2D eigenvalue weighted by molar-refractivity contribution is 0.332. The van der Waals surface area contributed by atoms with Crippen LogP contribution in [0.1, 0.15) is 73.9 Å².